The smallest absolute Gasteiger partial charge is 0.211 e. The van der Waals surface area contributed by atoms with Gasteiger partial charge in [-0.3, -0.25) is 10.1 Å². The first-order valence-corrected chi connectivity index (χ1v) is 8.38. The van der Waals surface area contributed by atoms with Crippen LogP contribution in [0.1, 0.15) is 49.3 Å². The molecule has 5 nitrogen and oxygen atoms in total. The van der Waals surface area contributed by atoms with Crippen molar-refractivity contribution < 1.29 is 9.66 Å². The minimum absolute atomic E-state index is 0.00959. The number of aromatic nitrogens is 1. The Labute approximate surface area is 136 Å². The van der Waals surface area contributed by atoms with E-state index in [9.17, 15) is 10.1 Å². The number of ether oxygens (including phenoxy) is 1. The summed E-state index contributed by atoms with van der Waals surface area (Å²) in [5.74, 6) is 1.17. The van der Waals surface area contributed by atoms with Crippen molar-refractivity contribution in [2.45, 2.75) is 44.9 Å². The molecule has 1 unspecified atom stereocenters. The molecule has 0 amide bonds. The molecule has 3 rings (SSSR count). The summed E-state index contributed by atoms with van der Waals surface area (Å²) < 4.78 is 5.35. The zero-order valence-electron chi connectivity index (χ0n) is 13.8. The van der Waals surface area contributed by atoms with Crippen molar-refractivity contribution in [3.63, 3.8) is 0 Å². The molecule has 1 saturated carbocycles. The number of aromatic amines is 1. The highest BCUT2D eigenvalue weighted by molar-refractivity contribution is 5.86. The Bertz CT molecular complexity index is 702. The van der Waals surface area contributed by atoms with Crippen LogP contribution < -0.4 is 4.74 Å². The van der Waals surface area contributed by atoms with Crippen molar-refractivity contribution in [3.8, 4) is 5.75 Å². The van der Waals surface area contributed by atoms with E-state index < -0.39 is 0 Å². The van der Waals surface area contributed by atoms with E-state index in [2.05, 4.69) is 4.98 Å². The molecular formula is C18H24N2O3. The van der Waals surface area contributed by atoms with Crippen LogP contribution in [0.4, 0.5) is 0 Å². The lowest BCUT2D eigenvalue weighted by Crippen LogP contribution is -2.23. The van der Waals surface area contributed by atoms with E-state index in [0.29, 0.717) is 5.92 Å². The Balaban J connectivity index is 2.08. The average Bonchev–Trinajstić information content (AvgIpc) is 2.88. The van der Waals surface area contributed by atoms with Gasteiger partial charge in [0.05, 0.1) is 13.0 Å². The fraction of sp³-hybridized carbons (Fsp3) is 0.556. The predicted octanol–water partition coefficient (Wildman–Crippen LogP) is 4.43. The number of hydrogen-bond donors (Lipinski definition) is 1. The van der Waals surface area contributed by atoms with E-state index >= 15 is 0 Å². The lowest BCUT2D eigenvalue weighted by Gasteiger charge is -2.28. The van der Waals surface area contributed by atoms with Gasteiger partial charge < -0.3 is 9.72 Å². The van der Waals surface area contributed by atoms with Crippen LogP contribution in [-0.4, -0.2) is 23.6 Å². The van der Waals surface area contributed by atoms with Gasteiger partial charge in [-0.1, -0.05) is 19.3 Å². The van der Waals surface area contributed by atoms with E-state index in [0.717, 1.165) is 40.8 Å². The number of H-pyrrole nitrogens is 1. The summed E-state index contributed by atoms with van der Waals surface area (Å²) in [6.07, 6.45) is 5.80. The quantitative estimate of drug-likeness (QED) is 0.655. The molecule has 1 aromatic heterocycles. The molecule has 0 aliphatic heterocycles. The van der Waals surface area contributed by atoms with Crippen LogP contribution in [0.25, 0.3) is 10.9 Å². The molecule has 1 heterocycles. The van der Waals surface area contributed by atoms with Gasteiger partial charge in [-0.2, -0.15) is 0 Å². The first-order valence-electron chi connectivity index (χ1n) is 8.38. The molecule has 1 atom stereocenters. The number of benzene rings is 1. The van der Waals surface area contributed by atoms with Gasteiger partial charge in [0.1, 0.15) is 5.75 Å². The highest BCUT2D eigenvalue weighted by Gasteiger charge is 2.32. The largest absolute Gasteiger partial charge is 0.497 e. The van der Waals surface area contributed by atoms with Crippen LogP contribution in [0.15, 0.2) is 18.2 Å². The Morgan fingerprint density at radius 3 is 2.74 bits per heavy atom. The number of fused-ring (bicyclic) bond motifs is 1. The minimum atomic E-state index is -0.155. The third-order valence-electron chi connectivity index (χ3n) is 5.18. The molecule has 23 heavy (non-hydrogen) atoms. The number of aryl methyl sites for hydroxylation is 1. The van der Waals surface area contributed by atoms with Crippen LogP contribution in [0.3, 0.4) is 0 Å². The van der Waals surface area contributed by atoms with Crippen LogP contribution >= 0.6 is 0 Å². The summed E-state index contributed by atoms with van der Waals surface area (Å²) in [4.78, 5) is 14.5. The van der Waals surface area contributed by atoms with E-state index in [1.165, 1.54) is 19.3 Å². The van der Waals surface area contributed by atoms with Crippen LogP contribution in [0, 0.1) is 23.0 Å². The van der Waals surface area contributed by atoms with Crippen LogP contribution in [0.5, 0.6) is 5.75 Å². The highest BCUT2D eigenvalue weighted by atomic mass is 16.6. The molecule has 0 radical (unpaired) electrons. The normalized spacial score (nSPS) is 17.3. The summed E-state index contributed by atoms with van der Waals surface area (Å²) in [6, 6.07) is 5.92. The molecule has 0 spiro atoms. The van der Waals surface area contributed by atoms with Gasteiger partial charge in [-0.15, -0.1) is 0 Å². The van der Waals surface area contributed by atoms with E-state index in [-0.39, 0.29) is 17.4 Å². The molecular weight excluding hydrogens is 292 g/mol. The summed E-state index contributed by atoms with van der Waals surface area (Å²) in [6.45, 7) is 2.03. The van der Waals surface area contributed by atoms with E-state index in [1.807, 2.05) is 25.1 Å². The fourth-order valence-corrected chi connectivity index (χ4v) is 4.10. The zero-order chi connectivity index (χ0) is 16.4. The lowest BCUT2D eigenvalue weighted by molar-refractivity contribution is -0.485. The summed E-state index contributed by atoms with van der Waals surface area (Å²) in [7, 11) is 1.65. The number of nitro groups is 1. The molecule has 5 heteroatoms. The van der Waals surface area contributed by atoms with Gasteiger partial charge in [0, 0.05) is 21.5 Å². The SMILES string of the molecule is COc1ccc2[nH]c(C)c(C(C[N+](=O)[O-])C3CCCCC3)c2c1. The first-order chi connectivity index (χ1) is 11.1. The molecule has 2 aromatic rings. The van der Waals surface area contributed by atoms with E-state index in [4.69, 9.17) is 4.74 Å². The fourth-order valence-electron chi connectivity index (χ4n) is 4.10. The van der Waals surface area contributed by atoms with Gasteiger partial charge in [-0.05, 0) is 49.4 Å². The molecule has 0 bridgehead atoms. The number of methoxy groups -OCH3 is 1. The summed E-state index contributed by atoms with van der Waals surface area (Å²) in [5.41, 5.74) is 3.19. The zero-order valence-corrected chi connectivity index (χ0v) is 13.8. The monoisotopic (exact) mass is 316 g/mol. The minimum Gasteiger partial charge on any atom is -0.497 e. The third-order valence-corrected chi connectivity index (χ3v) is 5.18. The Hall–Kier alpha value is -2.04. The first kappa shape index (κ1) is 15.8. The van der Waals surface area contributed by atoms with Gasteiger partial charge in [-0.25, -0.2) is 0 Å². The molecule has 1 fully saturated rings. The van der Waals surface area contributed by atoms with Crippen molar-refractivity contribution in [1.82, 2.24) is 4.98 Å². The Morgan fingerprint density at radius 2 is 2.09 bits per heavy atom. The molecule has 1 aliphatic carbocycles. The molecule has 1 aliphatic rings. The van der Waals surface area contributed by atoms with Crippen LogP contribution in [0.2, 0.25) is 0 Å². The van der Waals surface area contributed by atoms with Crippen molar-refractivity contribution in [2.75, 3.05) is 13.7 Å². The second-order valence-electron chi connectivity index (χ2n) is 6.60. The standard InChI is InChI=1S/C18H24N2O3/c1-12-18(15-10-14(23-2)8-9-17(15)19-12)16(11-20(21)22)13-6-4-3-5-7-13/h8-10,13,16,19H,3-7,11H2,1-2H3. The average molecular weight is 316 g/mol. The molecule has 1 N–H and O–H groups in total. The Morgan fingerprint density at radius 1 is 1.35 bits per heavy atom. The number of hydrogen-bond acceptors (Lipinski definition) is 3. The maximum Gasteiger partial charge on any atom is 0.211 e. The van der Waals surface area contributed by atoms with Crippen molar-refractivity contribution in [3.05, 3.63) is 39.6 Å². The van der Waals surface area contributed by atoms with Crippen LogP contribution in [-0.2, 0) is 0 Å². The third kappa shape index (κ3) is 3.19. The topological polar surface area (TPSA) is 68.2 Å². The predicted molar refractivity (Wildman–Crippen MR) is 90.8 cm³/mol. The number of nitrogens with zero attached hydrogens (tertiary/aromatic N) is 1. The number of nitrogens with one attached hydrogen (secondary N) is 1. The van der Waals surface area contributed by atoms with Gasteiger partial charge >= 0.3 is 0 Å². The summed E-state index contributed by atoms with van der Waals surface area (Å²) in [5, 5.41) is 12.4. The Kier molecular flexibility index (Phi) is 4.55. The molecule has 124 valence electrons. The maximum absolute atomic E-state index is 11.3. The van der Waals surface area contributed by atoms with Gasteiger partial charge in [0.2, 0.25) is 6.54 Å². The maximum atomic E-state index is 11.3. The second kappa shape index (κ2) is 6.60. The van der Waals surface area contributed by atoms with Gasteiger partial charge in [0.15, 0.2) is 0 Å². The molecule has 0 saturated heterocycles. The van der Waals surface area contributed by atoms with Gasteiger partial charge in [0.25, 0.3) is 0 Å². The van der Waals surface area contributed by atoms with E-state index in [1.54, 1.807) is 7.11 Å². The lowest BCUT2D eigenvalue weighted by atomic mass is 9.76. The highest BCUT2D eigenvalue weighted by Crippen LogP contribution is 2.41. The summed E-state index contributed by atoms with van der Waals surface area (Å²) >= 11 is 0. The second-order valence-corrected chi connectivity index (χ2v) is 6.60. The molecule has 1 aromatic carbocycles. The van der Waals surface area contributed by atoms with Crippen molar-refractivity contribution >= 4 is 10.9 Å². The number of rotatable bonds is 5. The van der Waals surface area contributed by atoms with Crippen molar-refractivity contribution in [2.24, 2.45) is 5.92 Å². The van der Waals surface area contributed by atoms with Crippen molar-refractivity contribution in [1.29, 1.82) is 0 Å².